The molecule has 0 saturated carbocycles. The minimum absolute atomic E-state index is 0.0353. The lowest BCUT2D eigenvalue weighted by atomic mass is 10.2. The molecule has 5 nitrogen and oxygen atoms in total. The third-order valence-corrected chi connectivity index (χ3v) is 2.51. The van der Waals surface area contributed by atoms with Gasteiger partial charge in [-0.2, -0.15) is 18.4 Å². The zero-order valence-corrected chi connectivity index (χ0v) is 9.72. The first kappa shape index (κ1) is 13.6. The van der Waals surface area contributed by atoms with Crippen LogP contribution < -0.4 is 0 Å². The fourth-order valence-corrected chi connectivity index (χ4v) is 1.66. The maximum Gasteiger partial charge on any atom is 0.418 e. The molecule has 8 heteroatoms. The topological polar surface area (TPSA) is 78.9 Å². The normalized spacial score (nSPS) is 11.1. The average Bonchev–Trinajstić information content (AvgIpc) is 2.83. The third kappa shape index (κ3) is 2.33. The quantitative estimate of drug-likeness (QED) is 0.917. The molecule has 2 rings (SSSR count). The highest BCUT2D eigenvalue weighted by molar-refractivity contribution is 5.89. The lowest BCUT2D eigenvalue weighted by Crippen LogP contribution is -2.09. The van der Waals surface area contributed by atoms with Crippen LogP contribution in [0.1, 0.15) is 21.5 Å². The standard InChI is InChI=1S/C12H6F3N3O2/c13-12(14,15)9-6-18(5-8(9)11(19)20)10-7(4-16)2-1-3-17-10/h1-3,5-6H,(H,19,20). The van der Waals surface area contributed by atoms with Crippen molar-refractivity contribution in [1.82, 2.24) is 9.55 Å². The van der Waals surface area contributed by atoms with Gasteiger partial charge in [-0.3, -0.25) is 0 Å². The molecular formula is C12H6F3N3O2. The number of hydrogen-bond acceptors (Lipinski definition) is 3. The Morgan fingerprint density at radius 1 is 1.40 bits per heavy atom. The van der Waals surface area contributed by atoms with E-state index in [9.17, 15) is 18.0 Å². The highest BCUT2D eigenvalue weighted by atomic mass is 19.4. The van der Waals surface area contributed by atoms with E-state index in [1.54, 1.807) is 6.07 Å². The molecule has 20 heavy (non-hydrogen) atoms. The van der Waals surface area contributed by atoms with Gasteiger partial charge >= 0.3 is 12.1 Å². The predicted molar refractivity (Wildman–Crippen MR) is 60.2 cm³/mol. The Labute approximate surface area is 110 Å². The lowest BCUT2D eigenvalue weighted by molar-refractivity contribution is -0.138. The number of hydrogen-bond donors (Lipinski definition) is 1. The Morgan fingerprint density at radius 2 is 2.10 bits per heavy atom. The molecule has 0 aliphatic carbocycles. The second kappa shape index (κ2) is 4.70. The number of pyridine rings is 1. The molecule has 0 bridgehead atoms. The molecule has 0 amide bonds. The summed E-state index contributed by atoms with van der Waals surface area (Å²) >= 11 is 0. The van der Waals surface area contributed by atoms with Crippen LogP contribution in [0.4, 0.5) is 13.2 Å². The van der Waals surface area contributed by atoms with E-state index >= 15 is 0 Å². The number of alkyl halides is 3. The molecule has 1 N–H and O–H groups in total. The van der Waals surface area contributed by atoms with Crippen LogP contribution in [0, 0.1) is 11.3 Å². The smallest absolute Gasteiger partial charge is 0.418 e. The molecule has 0 atom stereocenters. The monoisotopic (exact) mass is 281 g/mol. The molecule has 2 heterocycles. The van der Waals surface area contributed by atoms with Crippen molar-refractivity contribution in [1.29, 1.82) is 5.26 Å². The first-order valence-electron chi connectivity index (χ1n) is 5.22. The summed E-state index contributed by atoms with van der Waals surface area (Å²) in [5, 5.41) is 17.7. The number of carbonyl (C=O) groups is 1. The van der Waals surface area contributed by atoms with Crippen LogP contribution >= 0.6 is 0 Å². The molecule has 2 aromatic rings. The summed E-state index contributed by atoms with van der Waals surface area (Å²) in [6, 6.07) is 4.60. The van der Waals surface area contributed by atoms with Gasteiger partial charge in [0.1, 0.15) is 6.07 Å². The van der Waals surface area contributed by atoms with E-state index in [4.69, 9.17) is 10.4 Å². The van der Waals surface area contributed by atoms with Gasteiger partial charge in [-0.25, -0.2) is 9.78 Å². The van der Waals surface area contributed by atoms with E-state index in [-0.39, 0.29) is 11.4 Å². The van der Waals surface area contributed by atoms with Crippen LogP contribution in [0.25, 0.3) is 5.82 Å². The first-order chi connectivity index (χ1) is 9.34. The van der Waals surface area contributed by atoms with Crippen molar-refractivity contribution in [2.75, 3.05) is 0 Å². The van der Waals surface area contributed by atoms with Gasteiger partial charge < -0.3 is 9.67 Å². The van der Waals surface area contributed by atoms with E-state index in [1.165, 1.54) is 18.3 Å². The number of nitrogens with zero attached hydrogens (tertiary/aromatic N) is 3. The molecule has 0 spiro atoms. The van der Waals surface area contributed by atoms with Gasteiger partial charge in [0.2, 0.25) is 0 Å². The van der Waals surface area contributed by atoms with Crippen LogP contribution in [-0.4, -0.2) is 20.6 Å². The van der Waals surface area contributed by atoms with Crippen LogP contribution in [-0.2, 0) is 6.18 Å². The number of carboxylic acid groups (broad SMARTS) is 1. The van der Waals surface area contributed by atoms with Crippen LogP contribution in [0.2, 0.25) is 0 Å². The first-order valence-corrected chi connectivity index (χ1v) is 5.22. The average molecular weight is 281 g/mol. The Bertz CT molecular complexity index is 713. The molecular weight excluding hydrogens is 275 g/mol. The number of halogens is 3. The fourth-order valence-electron chi connectivity index (χ4n) is 1.66. The van der Waals surface area contributed by atoms with Gasteiger partial charge in [0.25, 0.3) is 0 Å². The SMILES string of the molecule is N#Cc1cccnc1-n1cc(C(=O)O)c(C(F)(F)F)c1. The van der Waals surface area contributed by atoms with Gasteiger partial charge in [-0.1, -0.05) is 0 Å². The summed E-state index contributed by atoms with van der Waals surface area (Å²) in [4.78, 5) is 14.7. The Kier molecular flexibility index (Phi) is 3.19. The number of nitriles is 1. The van der Waals surface area contributed by atoms with Crippen molar-refractivity contribution >= 4 is 5.97 Å². The number of carboxylic acids is 1. The summed E-state index contributed by atoms with van der Waals surface area (Å²) in [7, 11) is 0. The van der Waals surface area contributed by atoms with Gasteiger partial charge in [0.15, 0.2) is 5.82 Å². The van der Waals surface area contributed by atoms with Gasteiger partial charge in [-0.15, -0.1) is 0 Å². The predicted octanol–water partition coefficient (Wildman–Crippen LogP) is 2.46. The van der Waals surface area contributed by atoms with Crippen LogP contribution in [0.5, 0.6) is 0 Å². The molecule has 102 valence electrons. The molecule has 2 aromatic heterocycles. The maximum atomic E-state index is 12.8. The van der Waals surface area contributed by atoms with Gasteiger partial charge in [-0.05, 0) is 12.1 Å². The van der Waals surface area contributed by atoms with E-state index in [0.29, 0.717) is 6.20 Å². The summed E-state index contributed by atoms with van der Waals surface area (Å²) < 4.78 is 39.2. The van der Waals surface area contributed by atoms with Crippen LogP contribution in [0.3, 0.4) is 0 Å². The summed E-state index contributed by atoms with van der Waals surface area (Å²) in [6.07, 6.45) is -2.12. The number of rotatable bonds is 2. The van der Waals surface area contributed by atoms with E-state index in [1.807, 2.05) is 0 Å². The summed E-state index contributed by atoms with van der Waals surface area (Å²) in [5.74, 6) is -1.77. The van der Waals surface area contributed by atoms with Crippen molar-refractivity contribution in [2.24, 2.45) is 0 Å². The highest BCUT2D eigenvalue weighted by Gasteiger charge is 2.37. The summed E-state index contributed by atoms with van der Waals surface area (Å²) in [6.45, 7) is 0. The molecule has 0 aromatic carbocycles. The number of aromatic carboxylic acids is 1. The second-order valence-corrected chi connectivity index (χ2v) is 3.78. The van der Waals surface area contributed by atoms with Crippen molar-refractivity contribution in [3.05, 3.63) is 47.4 Å². The van der Waals surface area contributed by atoms with Crippen molar-refractivity contribution < 1.29 is 23.1 Å². The minimum Gasteiger partial charge on any atom is -0.478 e. The number of aromatic nitrogens is 2. The largest absolute Gasteiger partial charge is 0.478 e. The zero-order chi connectivity index (χ0) is 14.9. The van der Waals surface area contributed by atoms with Crippen molar-refractivity contribution in [3.63, 3.8) is 0 Å². The van der Waals surface area contributed by atoms with Crippen molar-refractivity contribution in [2.45, 2.75) is 6.18 Å². The fraction of sp³-hybridized carbons (Fsp3) is 0.0833. The molecule has 0 unspecified atom stereocenters. The van der Waals surface area contributed by atoms with Gasteiger partial charge in [0, 0.05) is 18.6 Å². The van der Waals surface area contributed by atoms with E-state index < -0.39 is 23.3 Å². The summed E-state index contributed by atoms with van der Waals surface area (Å²) in [5.41, 5.74) is -2.15. The maximum absolute atomic E-state index is 12.8. The Morgan fingerprint density at radius 3 is 2.60 bits per heavy atom. The van der Waals surface area contributed by atoms with Crippen molar-refractivity contribution in [3.8, 4) is 11.9 Å². The van der Waals surface area contributed by atoms with Crippen LogP contribution in [0.15, 0.2) is 30.7 Å². The van der Waals surface area contributed by atoms with E-state index in [2.05, 4.69) is 4.98 Å². The highest BCUT2D eigenvalue weighted by Crippen LogP contribution is 2.33. The second-order valence-electron chi connectivity index (χ2n) is 3.78. The Balaban J connectivity index is 2.66. The lowest BCUT2D eigenvalue weighted by Gasteiger charge is -2.05. The minimum atomic E-state index is -4.80. The van der Waals surface area contributed by atoms with E-state index in [0.717, 1.165) is 10.8 Å². The molecule has 0 saturated heterocycles. The molecule has 0 radical (unpaired) electrons. The molecule has 0 aliphatic rings. The van der Waals surface area contributed by atoms with Gasteiger partial charge in [0.05, 0.1) is 16.7 Å². The molecule has 0 fully saturated rings. The zero-order valence-electron chi connectivity index (χ0n) is 9.72. The molecule has 0 aliphatic heterocycles. The Hall–Kier alpha value is -2.82. The third-order valence-electron chi connectivity index (χ3n) is 2.51.